The van der Waals surface area contributed by atoms with E-state index in [1.165, 1.54) is 31.3 Å². The third-order valence-electron chi connectivity index (χ3n) is 3.66. The minimum Gasteiger partial charge on any atom is -0.321 e. The Morgan fingerprint density at radius 1 is 1.07 bits per heavy atom. The van der Waals surface area contributed by atoms with E-state index in [0.717, 1.165) is 28.8 Å². The Morgan fingerprint density at radius 2 is 1.67 bits per heavy atom. The van der Waals surface area contributed by atoms with Crippen molar-refractivity contribution in [3.8, 4) is 0 Å². The molecule has 0 aromatic heterocycles. The minimum atomic E-state index is -4.42. The van der Waals surface area contributed by atoms with Gasteiger partial charge in [0.05, 0.1) is 23.2 Å². The summed E-state index contributed by atoms with van der Waals surface area (Å²) < 4.78 is 62.0. The number of rotatable bonds is 5. The average Bonchev–Trinajstić information content (AvgIpc) is 2.58. The van der Waals surface area contributed by atoms with Gasteiger partial charge in [-0.05, 0) is 35.9 Å². The number of benzene rings is 2. The Bertz CT molecular complexity index is 953. The Labute approximate surface area is 155 Å². The Balaban J connectivity index is 2.14. The van der Waals surface area contributed by atoms with Crippen molar-refractivity contribution >= 4 is 33.4 Å². The quantitative estimate of drug-likeness (QED) is 0.780. The van der Waals surface area contributed by atoms with Crippen molar-refractivity contribution in [3.63, 3.8) is 0 Å². The molecule has 0 bridgehead atoms. The molecule has 1 amide bonds. The van der Waals surface area contributed by atoms with E-state index < -0.39 is 27.7 Å². The van der Waals surface area contributed by atoms with E-state index >= 15 is 0 Å². The van der Waals surface area contributed by atoms with Crippen LogP contribution in [0.2, 0.25) is 0 Å². The van der Waals surface area contributed by atoms with Crippen LogP contribution in [-0.4, -0.2) is 27.6 Å². The summed E-state index contributed by atoms with van der Waals surface area (Å²) in [4.78, 5) is 12.1. The highest BCUT2D eigenvalue weighted by molar-refractivity contribution is 7.92. The topological polar surface area (TPSA) is 66.5 Å². The number of nitrogens with zero attached hydrogens (tertiary/aromatic N) is 1. The first-order valence-corrected chi connectivity index (χ1v) is 9.52. The number of para-hydroxylation sites is 2. The molecule has 0 heterocycles. The highest BCUT2D eigenvalue weighted by Crippen LogP contribution is 2.29. The van der Waals surface area contributed by atoms with E-state index in [-0.39, 0.29) is 11.4 Å². The van der Waals surface area contributed by atoms with E-state index in [4.69, 9.17) is 0 Å². The first-order valence-electron chi connectivity index (χ1n) is 7.68. The molecular formula is C18H17F3N2O3S. The first-order chi connectivity index (χ1) is 12.5. The second-order valence-electron chi connectivity index (χ2n) is 5.69. The molecule has 0 aliphatic carbocycles. The molecule has 0 unspecified atom stereocenters. The summed E-state index contributed by atoms with van der Waals surface area (Å²) in [6.45, 7) is 0. The number of hydrogen-bond donors (Lipinski definition) is 1. The monoisotopic (exact) mass is 398 g/mol. The van der Waals surface area contributed by atoms with Crippen LogP contribution in [0.1, 0.15) is 11.1 Å². The van der Waals surface area contributed by atoms with Gasteiger partial charge in [-0.15, -0.1) is 0 Å². The number of carbonyl (C=O) groups is 1. The molecule has 0 saturated heterocycles. The predicted molar refractivity (Wildman–Crippen MR) is 98.8 cm³/mol. The van der Waals surface area contributed by atoms with Crippen LogP contribution >= 0.6 is 0 Å². The lowest BCUT2D eigenvalue weighted by molar-refractivity contribution is -0.137. The van der Waals surface area contributed by atoms with Gasteiger partial charge in [-0.3, -0.25) is 9.10 Å². The van der Waals surface area contributed by atoms with Crippen molar-refractivity contribution < 1.29 is 26.4 Å². The maximum absolute atomic E-state index is 12.5. The van der Waals surface area contributed by atoms with Crippen molar-refractivity contribution in [2.75, 3.05) is 22.9 Å². The van der Waals surface area contributed by atoms with Crippen molar-refractivity contribution in [2.45, 2.75) is 6.18 Å². The molecule has 5 nitrogen and oxygen atoms in total. The van der Waals surface area contributed by atoms with Gasteiger partial charge in [0.25, 0.3) is 0 Å². The highest BCUT2D eigenvalue weighted by atomic mass is 32.2. The fraction of sp³-hybridized carbons (Fsp3) is 0.167. The number of alkyl halides is 3. The van der Waals surface area contributed by atoms with Crippen LogP contribution in [0.5, 0.6) is 0 Å². The number of nitrogens with one attached hydrogen (secondary N) is 1. The molecule has 0 aliphatic heterocycles. The van der Waals surface area contributed by atoms with Crippen molar-refractivity contribution in [3.05, 3.63) is 65.7 Å². The summed E-state index contributed by atoms with van der Waals surface area (Å²) >= 11 is 0. The average molecular weight is 398 g/mol. The smallest absolute Gasteiger partial charge is 0.321 e. The predicted octanol–water partition coefficient (Wildman–Crippen LogP) is 3.75. The number of sulfonamides is 1. The molecule has 1 N–H and O–H groups in total. The van der Waals surface area contributed by atoms with E-state index in [1.54, 1.807) is 18.2 Å². The standard InChI is InChI=1S/C18H17F3N2O3S/c1-23(27(2,25)26)16-6-4-3-5-15(16)22-17(24)12-9-13-7-10-14(11-8-13)18(19,20)21/h3-12H,1-2H3,(H,22,24). The molecule has 2 rings (SSSR count). The SMILES string of the molecule is CN(c1ccccc1NC(=O)C=Cc1ccc(C(F)(F)F)cc1)S(C)(=O)=O. The number of carbonyl (C=O) groups excluding carboxylic acids is 1. The lowest BCUT2D eigenvalue weighted by atomic mass is 10.1. The zero-order chi connectivity index (χ0) is 20.2. The van der Waals surface area contributed by atoms with Crippen LogP contribution in [-0.2, 0) is 21.0 Å². The first kappa shape index (κ1) is 20.5. The molecule has 2 aromatic rings. The molecule has 0 aliphatic rings. The molecule has 27 heavy (non-hydrogen) atoms. The molecular weight excluding hydrogens is 381 g/mol. The summed E-state index contributed by atoms with van der Waals surface area (Å²) in [5.74, 6) is -0.552. The fourth-order valence-electron chi connectivity index (χ4n) is 2.16. The molecule has 2 aromatic carbocycles. The lowest BCUT2D eigenvalue weighted by Crippen LogP contribution is -2.26. The van der Waals surface area contributed by atoms with Gasteiger partial charge < -0.3 is 5.32 Å². The van der Waals surface area contributed by atoms with Gasteiger partial charge in [0.1, 0.15) is 0 Å². The van der Waals surface area contributed by atoms with Gasteiger partial charge in [0.2, 0.25) is 15.9 Å². The van der Waals surface area contributed by atoms with Gasteiger partial charge in [0.15, 0.2) is 0 Å². The van der Waals surface area contributed by atoms with Crippen molar-refractivity contribution in [2.24, 2.45) is 0 Å². The Morgan fingerprint density at radius 3 is 2.22 bits per heavy atom. The van der Waals surface area contributed by atoms with Crippen LogP contribution in [0.3, 0.4) is 0 Å². The molecule has 0 atom stereocenters. The zero-order valence-corrected chi connectivity index (χ0v) is 15.3. The summed E-state index contributed by atoms with van der Waals surface area (Å²) in [5, 5.41) is 2.56. The Hall–Kier alpha value is -2.81. The van der Waals surface area contributed by atoms with Crippen molar-refractivity contribution in [1.82, 2.24) is 0 Å². The zero-order valence-electron chi connectivity index (χ0n) is 14.5. The van der Waals surface area contributed by atoms with Crippen LogP contribution in [0.25, 0.3) is 6.08 Å². The number of anilines is 2. The maximum atomic E-state index is 12.5. The van der Waals surface area contributed by atoms with Crippen LogP contribution in [0.4, 0.5) is 24.5 Å². The summed E-state index contributed by atoms with van der Waals surface area (Å²) in [7, 11) is -2.15. The van der Waals surface area contributed by atoms with Crippen LogP contribution in [0, 0.1) is 0 Å². The van der Waals surface area contributed by atoms with E-state index in [0.29, 0.717) is 5.56 Å². The largest absolute Gasteiger partial charge is 0.416 e. The summed E-state index contributed by atoms with van der Waals surface area (Å²) in [6.07, 6.45) is -0.872. The highest BCUT2D eigenvalue weighted by Gasteiger charge is 2.29. The van der Waals surface area contributed by atoms with Gasteiger partial charge in [-0.1, -0.05) is 24.3 Å². The van der Waals surface area contributed by atoms with E-state index in [2.05, 4.69) is 5.32 Å². The molecule has 9 heteroatoms. The molecule has 0 spiro atoms. The maximum Gasteiger partial charge on any atom is 0.416 e. The fourth-order valence-corrected chi connectivity index (χ4v) is 2.68. The second kappa shape index (κ2) is 7.83. The van der Waals surface area contributed by atoms with E-state index in [9.17, 15) is 26.4 Å². The van der Waals surface area contributed by atoms with E-state index in [1.807, 2.05) is 0 Å². The Kier molecular flexibility index (Phi) is 5.94. The summed E-state index contributed by atoms with van der Waals surface area (Å²) in [5.41, 5.74) is 0.213. The molecule has 0 radical (unpaired) electrons. The summed E-state index contributed by atoms with van der Waals surface area (Å²) in [6, 6.07) is 10.7. The number of hydrogen-bond acceptors (Lipinski definition) is 3. The van der Waals surface area contributed by atoms with Crippen molar-refractivity contribution in [1.29, 1.82) is 0 Å². The molecule has 144 valence electrons. The van der Waals surface area contributed by atoms with Crippen LogP contribution < -0.4 is 9.62 Å². The lowest BCUT2D eigenvalue weighted by Gasteiger charge is -2.20. The normalized spacial score (nSPS) is 12.2. The van der Waals surface area contributed by atoms with Gasteiger partial charge in [0, 0.05) is 13.1 Å². The number of amides is 1. The molecule has 0 fully saturated rings. The van der Waals surface area contributed by atoms with Crippen LogP contribution in [0.15, 0.2) is 54.6 Å². The van der Waals surface area contributed by atoms with Gasteiger partial charge in [-0.2, -0.15) is 13.2 Å². The van der Waals surface area contributed by atoms with Gasteiger partial charge >= 0.3 is 6.18 Å². The third kappa shape index (κ3) is 5.58. The molecule has 0 saturated carbocycles. The second-order valence-corrected chi connectivity index (χ2v) is 7.70. The minimum absolute atomic E-state index is 0.285. The number of halogens is 3. The van der Waals surface area contributed by atoms with Gasteiger partial charge in [-0.25, -0.2) is 8.42 Å². The third-order valence-corrected chi connectivity index (χ3v) is 4.86.